The van der Waals surface area contributed by atoms with E-state index in [0.29, 0.717) is 11.4 Å². The van der Waals surface area contributed by atoms with Crippen molar-refractivity contribution in [2.24, 2.45) is 0 Å². The first-order chi connectivity index (χ1) is 14.6. The topological polar surface area (TPSA) is 87.3 Å². The molecule has 162 valence electrons. The molecule has 0 heterocycles. The summed E-state index contributed by atoms with van der Waals surface area (Å²) in [6, 6.07) is 13.7. The summed E-state index contributed by atoms with van der Waals surface area (Å²) < 4.78 is 53.2. The van der Waals surface area contributed by atoms with Crippen LogP contribution in [0.5, 0.6) is 0 Å². The van der Waals surface area contributed by atoms with Crippen molar-refractivity contribution in [1.82, 2.24) is 0 Å². The van der Waals surface area contributed by atoms with Crippen molar-refractivity contribution < 1.29 is 22.0 Å². The van der Waals surface area contributed by atoms with Gasteiger partial charge < -0.3 is 10.6 Å². The molecule has 10 heteroatoms. The number of benzene rings is 3. The summed E-state index contributed by atoms with van der Waals surface area (Å²) in [5, 5.41) is 5.66. The zero-order valence-electron chi connectivity index (χ0n) is 16.2. The molecule has 0 aromatic heterocycles. The number of carbonyl (C=O) groups excluding carboxylic acids is 1. The van der Waals surface area contributed by atoms with E-state index in [4.69, 9.17) is 11.6 Å². The molecular formula is C21H18ClF2N3O3S. The molecule has 3 rings (SSSR count). The van der Waals surface area contributed by atoms with Gasteiger partial charge in [0.05, 0.1) is 15.6 Å². The number of hydrogen-bond acceptors (Lipinski definition) is 4. The Morgan fingerprint density at radius 1 is 0.903 bits per heavy atom. The van der Waals surface area contributed by atoms with Crippen molar-refractivity contribution in [3.8, 4) is 0 Å². The predicted molar refractivity (Wildman–Crippen MR) is 117 cm³/mol. The van der Waals surface area contributed by atoms with Gasteiger partial charge in [0.1, 0.15) is 17.7 Å². The van der Waals surface area contributed by atoms with Crippen LogP contribution >= 0.6 is 11.6 Å². The lowest BCUT2D eigenvalue weighted by Gasteiger charge is -2.16. The fourth-order valence-electron chi connectivity index (χ4n) is 2.61. The van der Waals surface area contributed by atoms with Crippen molar-refractivity contribution in [2.75, 3.05) is 15.4 Å². The van der Waals surface area contributed by atoms with E-state index in [0.717, 1.165) is 18.2 Å². The van der Waals surface area contributed by atoms with Gasteiger partial charge in [0.2, 0.25) is 5.91 Å². The molecule has 0 fully saturated rings. The SMILES string of the molecule is CC(Nc1ccc(NS(=O)(=O)c2ccc(F)cc2)cc1)C(=O)Nc1ccc(F)cc1Cl. The standard InChI is InChI=1S/C21H18ClF2N3O3S/c1-13(21(28)26-20-11-4-15(24)12-19(20)22)25-16-5-7-17(8-6-16)27-31(29,30)18-9-2-14(23)3-10-18/h2-13,25,27H,1H3,(H,26,28). The molecule has 3 N–H and O–H groups in total. The number of sulfonamides is 1. The van der Waals surface area contributed by atoms with Gasteiger partial charge in [-0.1, -0.05) is 11.6 Å². The zero-order valence-corrected chi connectivity index (χ0v) is 17.8. The fraction of sp³-hybridized carbons (Fsp3) is 0.0952. The molecule has 3 aromatic carbocycles. The Bertz CT molecular complexity index is 1190. The van der Waals surface area contributed by atoms with E-state index in [1.165, 1.54) is 36.4 Å². The van der Waals surface area contributed by atoms with Crippen LogP contribution in [0.25, 0.3) is 0 Å². The summed E-state index contributed by atoms with van der Waals surface area (Å²) >= 11 is 5.91. The van der Waals surface area contributed by atoms with Crippen LogP contribution < -0.4 is 15.4 Å². The second-order valence-electron chi connectivity index (χ2n) is 6.62. The van der Waals surface area contributed by atoms with Crippen molar-refractivity contribution in [2.45, 2.75) is 17.9 Å². The minimum atomic E-state index is -3.86. The number of nitrogens with one attached hydrogen (secondary N) is 3. The number of anilines is 3. The van der Waals surface area contributed by atoms with E-state index >= 15 is 0 Å². The third kappa shape index (κ3) is 5.93. The van der Waals surface area contributed by atoms with Crippen LogP contribution in [0.4, 0.5) is 25.8 Å². The molecule has 0 bridgehead atoms. The normalized spacial score (nSPS) is 12.1. The van der Waals surface area contributed by atoms with Gasteiger partial charge in [0.15, 0.2) is 0 Å². The molecule has 0 aliphatic rings. The van der Waals surface area contributed by atoms with Crippen molar-refractivity contribution in [1.29, 1.82) is 0 Å². The van der Waals surface area contributed by atoms with Crippen molar-refractivity contribution in [3.63, 3.8) is 0 Å². The van der Waals surface area contributed by atoms with E-state index in [1.54, 1.807) is 19.1 Å². The van der Waals surface area contributed by atoms with E-state index < -0.39 is 33.6 Å². The molecule has 0 aliphatic heterocycles. The molecule has 0 spiro atoms. The highest BCUT2D eigenvalue weighted by Crippen LogP contribution is 2.23. The second-order valence-corrected chi connectivity index (χ2v) is 8.71. The maximum Gasteiger partial charge on any atom is 0.261 e. The Balaban J connectivity index is 1.61. The molecule has 31 heavy (non-hydrogen) atoms. The number of rotatable bonds is 7. The largest absolute Gasteiger partial charge is 0.374 e. The minimum Gasteiger partial charge on any atom is -0.374 e. The predicted octanol–water partition coefficient (Wildman–Crippen LogP) is 4.86. The van der Waals surface area contributed by atoms with Gasteiger partial charge in [-0.3, -0.25) is 9.52 Å². The Morgan fingerprint density at radius 3 is 2.10 bits per heavy atom. The third-order valence-electron chi connectivity index (χ3n) is 4.23. The van der Waals surface area contributed by atoms with Crippen LogP contribution in [0.2, 0.25) is 5.02 Å². The van der Waals surface area contributed by atoms with E-state index in [-0.39, 0.29) is 15.6 Å². The average molecular weight is 466 g/mol. The molecule has 0 radical (unpaired) electrons. The summed E-state index contributed by atoms with van der Waals surface area (Å²) in [6.45, 7) is 1.62. The van der Waals surface area contributed by atoms with Crippen LogP contribution in [0.15, 0.2) is 71.6 Å². The Morgan fingerprint density at radius 2 is 1.48 bits per heavy atom. The molecule has 3 aromatic rings. The molecule has 0 saturated heterocycles. The van der Waals surface area contributed by atoms with Crippen molar-refractivity contribution in [3.05, 3.63) is 83.4 Å². The fourth-order valence-corrected chi connectivity index (χ4v) is 3.88. The average Bonchev–Trinajstić information content (AvgIpc) is 2.71. The summed E-state index contributed by atoms with van der Waals surface area (Å²) in [5.41, 5.74) is 1.15. The van der Waals surface area contributed by atoms with Gasteiger partial charge in [-0.2, -0.15) is 0 Å². The molecule has 0 aliphatic carbocycles. The smallest absolute Gasteiger partial charge is 0.261 e. The van der Waals surface area contributed by atoms with Crippen LogP contribution in [-0.4, -0.2) is 20.4 Å². The molecule has 1 atom stereocenters. The highest BCUT2D eigenvalue weighted by molar-refractivity contribution is 7.92. The monoisotopic (exact) mass is 465 g/mol. The Labute approximate surface area is 183 Å². The zero-order chi connectivity index (χ0) is 22.6. The van der Waals surface area contributed by atoms with E-state index in [9.17, 15) is 22.0 Å². The highest BCUT2D eigenvalue weighted by atomic mass is 35.5. The molecule has 6 nitrogen and oxygen atoms in total. The first-order valence-electron chi connectivity index (χ1n) is 9.05. The van der Waals surface area contributed by atoms with Crippen molar-refractivity contribution >= 4 is 44.6 Å². The lowest BCUT2D eigenvalue weighted by Crippen LogP contribution is -2.31. The second kappa shape index (κ2) is 9.32. The Hall–Kier alpha value is -3.17. The van der Waals surface area contributed by atoms with E-state index in [2.05, 4.69) is 15.4 Å². The lowest BCUT2D eigenvalue weighted by atomic mass is 10.2. The summed E-state index contributed by atoms with van der Waals surface area (Å²) in [4.78, 5) is 12.3. The quantitative estimate of drug-likeness (QED) is 0.465. The molecular weight excluding hydrogens is 448 g/mol. The summed E-state index contributed by atoms with van der Waals surface area (Å²) in [5.74, 6) is -1.44. The van der Waals surface area contributed by atoms with Crippen LogP contribution in [0, 0.1) is 11.6 Å². The minimum absolute atomic E-state index is 0.0687. The first kappa shape index (κ1) is 22.5. The highest BCUT2D eigenvalue weighted by Gasteiger charge is 2.16. The van der Waals surface area contributed by atoms with Crippen LogP contribution in [0.3, 0.4) is 0 Å². The van der Waals surface area contributed by atoms with Crippen LogP contribution in [-0.2, 0) is 14.8 Å². The van der Waals surface area contributed by atoms with Gasteiger partial charge in [-0.15, -0.1) is 0 Å². The summed E-state index contributed by atoms with van der Waals surface area (Å²) in [6.07, 6.45) is 0. The number of hydrogen-bond donors (Lipinski definition) is 3. The molecule has 0 saturated carbocycles. The first-order valence-corrected chi connectivity index (χ1v) is 10.9. The van der Waals surface area contributed by atoms with Gasteiger partial charge in [-0.25, -0.2) is 17.2 Å². The van der Waals surface area contributed by atoms with Crippen LogP contribution in [0.1, 0.15) is 6.92 Å². The maximum absolute atomic E-state index is 13.1. The van der Waals surface area contributed by atoms with E-state index in [1.807, 2.05) is 0 Å². The van der Waals surface area contributed by atoms with Gasteiger partial charge >= 0.3 is 0 Å². The maximum atomic E-state index is 13.1. The van der Waals surface area contributed by atoms with Gasteiger partial charge in [0.25, 0.3) is 10.0 Å². The molecule has 1 unspecified atom stereocenters. The lowest BCUT2D eigenvalue weighted by molar-refractivity contribution is -0.116. The summed E-state index contributed by atoms with van der Waals surface area (Å²) in [7, 11) is -3.86. The number of carbonyl (C=O) groups is 1. The van der Waals surface area contributed by atoms with Gasteiger partial charge in [0, 0.05) is 11.4 Å². The number of halogens is 3. The Kier molecular flexibility index (Phi) is 6.77. The van der Waals surface area contributed by atoms with Gasteiger partial charge in [-0.05, 0) is 73.7 Å². The number of amides is 1. The third-order valence-corrected chi connectivity index (χ3v) is 5.94. The molecule has 1 amide bonds.